The Morgan fingerprint density at radius 2 is 1.89 bits per heavy atom. The van der Waals surface area contributed by atoms with Crippen molar-refractivity contribution in [3.63, 3.8) is 0 Å². The highest BCUT2D eigenvalue weighted by molar-refractivity contribution is 7.90. The molecule has 2 atom stereocenters. The maximum Gasteiger partial charge on any atom is 0.310 e. The molecule has 2 unspecified atom stereocenters. The standard InChI is InChI=1S/C13H25NO4S/c1-5-13(3,6-2)14-19(16,17)11-9-7-8-10(11)12(15)18-4/h10-11,14H,5-9H2,1-4H3. The summed E-state index contributed by atoms with van der Waals surface area (Å²) in [6.07, 6.45) is 3.31. The van der Waals surface area contributed by atoms with Crippen LogP contribution in [-0.2, 0) is 19.6 Å². The van der Waals surface area contributed by atoms with Crippen molar-refractivity contribution < 1.29 is 17.9 Å². The Morgan fingerprint density at radius 1 is 1.32 bits per heavy atom. The van der Waals surface area contributed by atoms with Crippen molar-refractivity contribution in [2.75, 3.05) is 7.11 Å². The Kier molecular flexibility index (Phi) is 5.38. The van der Waals surface area contributed by atoms with Gasteiger partial charge in [-0.05, 0) is 32.6 Å². The molecule has 1 saturated carbocycles. The van der Waals surface area contributed by atoms with Crippen LogP contribution >= 0.6 is 0 Å². The van der Waals surface area contributed by atoms with Gasteiger partial charge in [0.25, 0.3) is 0 Å². The third kappa shape index (κ3) is 3.69. The van der Waals surface area contributed by atoms with Gasteiger partial charge < -0.3 is 4.74 Å². The molecule has 5 nitrogen and oxygen atoms in total. The Hall–Kier alpha value is -0.620. The number of carbonyl (C=O) groups is 1. The number of methoxy groups -OCH3 is 1. The molecule has 0 aromatic heterocycles. The summed E-state index contributed by atoms with van der Waals surface area (Å²) in [6, 6.07) is 0. The average molecular weight is 291 g/mol. The fourth-order valence-corrected chi connectivity index (χ4v) is 4.82. The van der Waals surface area contributed by atoms with E-state index in [4.69, 9.17) is 4.74 Å². The van der Waals surface area contributed by atoms with E-state index in [9.17, 15) is 13.2 Å². The molecular formula is C13H25NO4S. The summed E-state index contributed by atoms with van der Waals surface area (Å²) >= 11 is 0. The fourth-order valence-electron chi connectivity index (χ4n) is 2.53. The van der Waals surface area contributed by atoms with Gasteiger partial charge in [0.15, 0.2) is 0 Å². The van der Waals surface area contributed by atoms with Gasteiger partial charge in [-0.3, -0.25) is 4.79 Å². The van der Waals surface area contributed by atoms with Gasteiger partial charge in [0, 0.05) is 5.54 Å². The zero-order chi connectivity index (χ0) is 14.7. The molecule has 1 fully saturated rings. The summed E-state index contributed by atoms with van der Waals surface area (Å²) in [5.41, 5.74) is -0.442. The summed E-state index contributed by atoms with van der Waals surface area (Å²) < 4.78 is 32.5. The van der Waals surface area contributed by atoms with Crippen molar-refractivity contribution >= 4 is 16.0 Å². The number of carbonyl (C=O) groups excluding carboxylic acids is 1. The van der Waals surface area contributed by atoms with Gasteiger partial charge >= 0.3 is 5.97 Å². The molecule has 6 heteroatoms. The maximum atomic E-state index is 12.5. The van der Waals surface area contributed by atoms with Crippen LogP contribution in [0.3, 0.4) is 0 Å². The van der Waals surface area contributed by atoms with E-state index in [0.717, 1.165) is 19.3 Å². The van der Waals surface area contributed by atoms with Gasteiger partial charge in [-0.2, -0.15) is 0 Å². The quantitative estimate of drug-likeness (QED) is 0.758. The molecule has 0 spiro atoms. The van der Waals surface area contributed by atoms with E-state index in [1.165, 1.54) is 7.11 Å². The highest BCUT2D eigenvalue weighted by Crippen LogP contribution is 2.32. The smallest absolute Gasteiger partial charge is 0.310 e. The first-order valence-electron chi connectivity index (χ1n) is 6.90. The number of rotatable bonds is 6. The SMILES string of the molecule is CCC(C)(CC)NS(=O)(=O)C1CCCC1C(=O)OC. The summed E-state index contributed by atoms with van der Waals surface area (Å²) in [5, 5.41) is -0.655. The van der Waals surface area contributed by atoms with E-state index in [0.29, 0.717) is 12.8 Å². The molecule has 0 saturated heterocycles. The van der Waals surface area contributed by atoms with Crippen molar-refractivity contribution in [2.45, 2.75) is 63.7 Å². The van der Waals surface area contributed by atoms with Crippen LogP contribution in [0.1, 0.15) is 52.9 Å². The molecule has 1 aliphatic carbocycles. The van der Waals surface area contributed by atoms with Crippen LogP contribution in [0.2, 0.25) is 0 Å². The van der Waals surface area contributed by atoms with Crippen LogP contribution in [0.15, 0.2) is 0 Å². The molecule has 0 bridgehead atoms. The second kappa shape index (κ2) is 6.22. The second-order valence-corrected chi connectivity index (χ2v) is 7.41. The third-order valence-corrected chi connectivity index (χ3v) is 6.44. The van der Waals surface area contributed by atoms with Gasteiger partial charge in [-0.25, -0.2) is 13.1 Å². The Morgan fingerprint density at radius 3 is 2.37 bits per heavy atom. The minimum absolute atomic E-state index is 0.414. The second-order valence-electron chi connectivity index (χ2n) is 5.51. The number of ether oxygens (including phenoxy) is 1. The molecule has 0 heterocycles. The first-order chi connectivity index (χ1) is 8.79. The lowest BCUT2D eigenvalue weighted by atomic mass is 9.98. The van der Waals surface area contributed by atoms with Crippen LogP contribution in [0, 0.1) is 5.92 Å². The maximum absolute atomic E-state index is 12.5. The third-order valence-electron chi connectivity index (χ3n) is 4.30. The molecule has 112 valence electrons. The monoisotopic (exact) mass is 291 g/mol. The Balaban J connectivity index is 2.91. The number of hydrogen-bond donors (Lipinski definition) is 1. The zero-order valence-electron chi connectivity index (χ0n) is 12.2. The van der Waals surface area contributed by atoms with Gasteiger partial charge in [-0.15, -0.1) is 0 Å². The van der Waals surface area contributed by atoms with Crippen LogP contribution in [-0.4, -0.2) is 32.3 Å². The molecule has 1 rings (SSSR count). The summed E-state index contributed by atoms with van der Waals surface area (Å²) in [4.78, 5) is 11.7. The minimum atomic E-state index is -3.50. The first kappa shape index (κ1) is 16.4. The van der Waals surface area contributed by atoms with E-state index in [2.05, 4.69) is 4.72 Å². The highest BCUT2D eigenvalue weighted by atomic mass is 32.2. The molecule has 19 heavy (non-hydrogen) atoms. The Labute approximate surface area is 116 Å². The highest BCUT2D eigenvalue weighted by Gasteiger charge is 2.44. The van der Waals surface area contributed by atoms with Gasteiger partial charge in [0.2, 0.25) is 10.0 Å². The summed E-state index contributed by atoms with van der Waals surface area (Å²) in [5.74, 6) is -0.942. The van der Waals surface area contributed by atoms with E-state index >= 15 is 0 Å². The lowest BCUT2D eigenvalue weighted by Crippen LogP contribution is -2.50. The van der Waals surface area contributed by atoms with Crippen molar-refractivity contribution in [3.05, 3.63) is 0 Å². The van der Waals surface area contributed by atoms with Gasteiger partial charge in [0.05, 0.1) is 18.3 Å². The van der Waals surface area contributed by atoms with Crippen molar-refractivity contribution in [2.24, 2.45) is 5.92 Å². The number of sulfonamides is 1. The largest absolute Gasteiger partial charge is 0.469 e. The molecule has 1 aliphatic rings. The topological polar surface area (TPSA) is 72.5 Å². The number of hydrogen-bond acceptors (Lipinski definition) is 4. The molecule has 0 aromatic carbocycles. The van der Waals surface area contributed by atoms with Crippen molar-refractivity contribution in [1.82, 2.24) is 4.72 Å². The lowest BCUT2D eigenvalue weighted by Gasteiger charge is -2.30. The van der Waals surface area contributed by atoms with Crippen molar-refractivity contribution in [1.29, 1.82) is 0 Å². The molecule has 0 aliphatic heterocycles. The molecule has 0 amide bonds. The average Bonchev–Trinajstić information content (AvgIpc) is 2.87. The van der Waals surface area contributed by atoms with Gasteiger partial charge in [0.1, 0.15) is 0 Å². The van der Waals surface area contributed by atoms with Crippen LogP contribution in [0.25, 0.3) is 0 Å². The zero-order valence-corrected chi connectivity index (χ0v) is 13.0. The molecule has 1 N–H and O–H groups in total. The molecular weight excluding hydrogens is 266 g/mol. The lowest BCUT2D eigenvalue weighted by molar-refractivity contribution is -0.145. The van der Waals surface area contributed by atoms with Gasteiger partial charge in [-0.1, -0.05) is 20.3 Å². The predicted molar refractivity (Wildman–Crippen MR) is 74.2 cm³/mol. The van der Waals surface area contributed by atoms with E-state index in [1.807, 2.05) is 20.8 Å². The number of esters is 1. The fraction of sp³-hybridized carbons (Fsp3) is 0.923. The van der Waals surface area contributed by atoms with E-state index in [1.54, 1.807) is 0 Å². The predicted octanol–water partition coefficient (Wildman–Crippen LogP) is 1.83. The Bertz CT molecular complexity index is 414. The number of nitrogens with one attached hydrogen (secondary N) is 1. The minimum Gasteiger partial charge on any atom is -0.469 e. The van der Waals surface area contributed by atoms with Crippen LogP contribution < -0.4 is 4.72 Å². The summed E-state index contributed by atoms with van der Waals surface area (Å²) in [7, 11) is -2.19. The molecule has 0 aromatic rings. The first-order valence-corrected chi connectivity index (χ1v) is 8.45. The van der Waals surface area contributed by atoms with Crippen LogP contribution in [0.4, 0.5) is 0 Å². The van der Waals surface area contributed by atoms with Crippen LogP contribution in [0.5, 0.6) is 0 Å². The molecule has 0 radical (unpaired) electrons. The normalized spacial score (nSPS) is 24.4. The van der Waals surface area contributed by atoms with Crippen molar-refractivity contribution in [3.8, 4) is 0 Å². The van der Waals surface area contributed by atoms with E-state index < -0.39 is 32.7 Å². The van der Waals surface area contributed by atoms with E-state index in [-0.39, 0.29) is 0 Å². The summed E-state index contributed by atoms with van der Waals surface area (Å²) in [6.45, 7) is 5.81.